The molecule has 0 unspecified atom stereocenters. The van der Waals surface area contributed by atoms with Gasteiger partial charge in [0.1, 0.15) is 19.0 Å². The van der Waals surface area contributed by atoms with E-state index in [0.29, 0.717) is 42.3 Å². The van der Waals surface area contributed by atoms with Gasteiger partial charge in [0.25, 0.3) is 0 Å². The molecule has 2 saturated heterocycles. The van der Waals surface area contributed by atoms with E-state index in [1.165, 1.54) is 12.8 Å². The summed E-state index contributed by atoms with van der Waals surface area (Å²) in [6.45, 7) is 4.16. The van der Waals surface area contributed by atoms with Gasteiger partial charge < -0.3 is 19.5 Å². The lowest BCUT2D eigenvalue weighted by molar-refractivity contribution is -0.119. The molecule has 1 amide bonds. The molecule has 212 valence electrons. The molecule has 1 N–H and O–H groups in total. The molecule has 0 saturated carbocycles. The lowest BCUT2D eigenvalue weighted by Crippen LogP contribution is -2.30. The Bertz CT molecular complexity index is 1540. The number of carbonyl (C=O) groups is 2. The number of ether oxygens (including phenoxy) is 3. The molecule has 0 aliphatic carbocycles. The molecule has 2 fully saturated rings. The highest BCUT2D eigenvalue weighted by Crippen LogP contribution is 2.41. The molecular weight excluding hydrogens is 536 g/mol. The summed E-state index contributed by atoms with van der Waals surface area (Å²) in [5, 5.41) is 3.86. The lowest BCUT2D eigenvalue weighted by Gasteiger charge is -2.16. The number of benzene rings is 3. The van der Waals surface area contributed by atoms with Crippen molar-refractivity contribution in [3.63, 3.8) is 0 Å². The number of fused-ring (bicyclic) bond motifs is 1. The van der Waals surface area contributed by atoms with Gasteiger partial charge in [-0.1, -0.05) is 18.2 Å². The zero-order chi connectivity index (χ0) is 28.2. The first kappa shape index (κ1) is 27.3. The normalized spacial score (nSPS) is 17.1. The van der Waals surface area contributed by atoms with Gasteiger partial charge in [0, 0.05) is 39.1 Å². The molecule has 2 aliphatic heterocycles. The van der Waals surface area contributed by atoms with Crippen LogP contribution in [0, 0.1) is 0 Å². The summed E-state index contributed by atoms with van der Waals surface area (Å²) in [5.74, 6) is 1.95. The third-order valence-corrected chi connectivity index (χ3v) is 8.98. The van der Waals surface area contributed by atoms with Gasteiger partial charge >= 0.3 is 0 Å². The van der Waals surface area contributed by atoms with Crippen molar-refractivity contribution in [1.82, 2.24) is 10.2 Å². The summed E-state index contributed by atoms with van der Waals surface area (Å²) < 4.78 is 18.6. The lowest BCUT2D eigenvalue weighted by atomic mass is 9.97. The molecule has 41 heavy (non-hydrogen) atoms. The Balaban J connectivity index is 1.23. The summed E-state index contributed by atoms with van der Waals surface area (Å²) in [6.07, 6.45) is 3.84. The molecular formula is C33H34N2O5S. The third kappa shape index (κ3) is 6.09. The zero-order valence-electron chi connectivity index (χ0n) is 23.2. The number of methoxy groups -OCH3 is 1. The molecule has 0 bridgehead atoms. The number of likely N-dealkylation sites (tertiary alicyclic amines) is 1. The van der Waals surface area contributed by atoms with Gasteiger partial charge in [0.15, 0.2) is 17.3 Å². The molecule has 2 aliphatic rings. The Hall–Kier alpha value is -3.88. The molecule has 0 spiro atoms. The second kappa shape index (κ2) is 12.3. The first-order chi connectivity index (χ1) is 20.1. The number of carbonyl (C=O) groups excluding carboxylic acids is 2. The molecule has 3 aromatic carbocycles. The fourth-order valence-corrected chi connectivity index (χ4v) is 6.74. The van der Waals surface area contributed by atoms with E-state index in [2.05, 4.69) is 10.2 Å². The molecule has 3 heterocycles. The van der Waals surface area contributed by atoms with Crippen molar-refractivity contribution in [3.05, 3.63) is 77.9 Å². The van der Waals surface area contributed by atoms with Crippen molar-refractivity contribution in [2.24, 2.45) is 0 Å². The second-order valence-corrected chi connectivity index (χ2v) is 11.6. The van der Waals surface area contributed by atoms with E-state index >= 15 is 0 Å². The van der Waals surface area contributed by atoms with Gasteiger partial charge in [-0.05, 0) is 86.4 Å². The number of thiophene rings is 1. The summed E-state index contributed by atoms with van der Waals surface area (Å²) in [4.78, 5) is 28.8. The fourth-order valence-electron chi connectivity index (χ4n) is 5.54. The zero-order valence-corrected chi connectivity index (χ0v) is 24.0. The van der Waals surface area contributed by atoms with Crippen molar-refractivity contribution in [2.45, 2.75) is 31.7 Å². The van der Waals surface area contributed by atoms with Gasteiger partial charge in [-0.2, -0.15) is 0 Å². The highest BCUT2D eigenvalue weighted by atomic mass is 32.1. The fraction of sp³-hybridized carbons (Fsp3) is 0.333. The third-order valence-electron chi connectivity index (χ3n) is 7.76. The predicted octanol–water partition coefficient (Wildman–Crippen LogP) is 5.94. The molecule has 4 aromatic rings. The van der Waals surface area contributed by atoms with Gasteiger partial charge in [0.2, 0.25) is 5.91 Å². The Morgan fingerprint density at radius 1 is 1.00 bits per heavy atom. The van der Waals surface area contributed by atoms with Crippen molar-refractivity contribution in [1.29, 1.82) is 0 Å². The molecule has 0 radical (unpaired) electrons. The van der Waals surface area contributed by atoms with E-state index in [1.807, 2.05) is 60.7 Å². The van der Waals surface area contributed by atoms with Crippen LogP contribution in [-0.4, -0.2) is 62.6 Å². The maximum absolute atomic E-state index is 14.1. The topological polar surface area (TPSA) is 77.1 Å². The minimum absolute atomic E-state index is 0.0489. The van der Waals surface area contributed by atoms with E-state index in [0.717, 1.165) is 52.3 Å². The van der Waals surface area contributed by atoms with E-state index in [-0.39, 0.29) is 17.7 Å². The van der Waals surface area contributed by atoms with E-state index in [4.69, 9.17) is 14.2 Å². The van der Waals surface area contributed by atoms with Gasteiger partial charge in [0.05, 0.1) is 13.2 Å². The number of amides is 1. The van der Waals surface area contributed by atoms with Crippen molar-refractivity contribution >= 4 is 33.1 Å². The quantitative estimate of drug-likeness (QED) is 0.225. The maximum Gasteiger partial charge on any atom is 0.220 e. The standard InChI is InChI=1S/C33H34N2O5S/c1-38-28-20-23(10-14-27(28)39-19-18-35-16-4-5-17-35)32(37)31-26-6-2-3-7-29(26)41-33(31)22-8-12-25(13-9-22)40-21-24-11-15-30(36)34-24/h2-3,6-10,12-14,20,24H,4-5,11,15-19,21H2,1H3,(H,34,36)/t24-/m1/s1. The number of nitrogens with zero attached hydrogens (tertiary/aromatic N) is 1. The van der Waals surface area contributed by atoms with Crippen LogP contribution in [-0.2, 0) is 4.79 Å². The van der Waals surface area contributed by atoms with Crippen LogP contribution in [0.15, 0.2) is 66.7 Å². The van der Waals surface area contributed by atoms with E-state index in [9.17, 15) is 9.59 Å². The average molecular weight is 571 g/mol. The van der Waals surface area contributed by atoms with Crippen LogP contribution in [0.5, 0.6) is 17.2 Å². The number of hydrogen-bond donors (Lipinski definition) is 1. The van der Waals surface area contributed by atoms with Crippen LogP contribution in [0.25, 0.3) is 20.5 Å². The van der Waals surface area contributed by atoms with Crippen LogP contribution in [0.3, 0.4) is 0 Å². The maximum atomic E-state index is 14.1. The van der Waals surface area contributed by atoms with E-state index < -0.39 is 0 Å². The van der Waals surface area contributed by atoms with Crippen molar-refractivity contribution in [2.75, 3.05) is 40.0 Å². The van der Waals surface area contributed by atoms with Crippen molar-refractivity contribution in [3.8, 4) is 27.7 Å². The summed E-state index contributed by atoms with van der Waals surface area (Å²) >= 11 is 1.61. The highest BCUT2D eigenvalue weighted by molar-refractivity contribution is 7.22. The molecule has 1 atom stereocenters. The second-order valence-electron chi connectivity index (χ2n) is 10.5. The molecule has 1 aromatic heterocycles. The number of hydrogen-bond acceptors (Lipinski definition) is 7. The van der Waals surface area contributed by atoms with Gasteiger partial charge in [-0.15, -0.1) is 11.3 Å². The van der Waals surface area contributed by atoms with Gasteiger partial charge in [-0.25, -0.2) is 0 Å². The number of ketones is 1. The summed E-state index contributed by atoms with van der Waals surface area (Å²) in [7, 11) is 1.60. The first-order valence-electron chi connectivity index (χ1n) is 14.2. The van der Waals surface area contributed by atoms with Crippen LogP contribution in [0.4, 0.5) is 0 Å². The van der Waals surface area contributed by atoms with E-state index in [1.54, 1.807) is 24.5 Å². The predicted molar refractivity (Wildman–Crippen MR) is 162 cm³/mol. The van der Waals surface area contributed by atoms with Crippen LogP contribution < -0.4 is 19.5 Å². The largest absolute Gasteiger partial charge is 0.493 e. The Kier molecular flexibility index (Phi) is 8.21. The first-order valence-corrected chi connectivity index (χ1v) is 15.0. The Morgan fingerprint density at radius 2 is 1.80 bits per heavy atom. The average Bonchev–Trinajstić information content (AvgIpc) is 3.76. The van der Waals surface area contributed by atoms with Crippen LogP contribution in [0.2, 0.25) is 0 Å². The van der Waals surface area contributed by atoms with Crippen LogP contribution in [0.1, 0.15) is 41.6 Å². The number of nitrogens with one attached hydrogen (secondary N) is 1. The monoisotopic (exact) mass is 570 g/mol. The van der Waals surface area contributed by atoms with Crippen molar-refractivity contribution < 1.29 is 23.8 Å². The number of rotatable bonds is 11. The highest BCUT2D eigenvalue weighted by Gasteiger charge is 2.24. The molecule has 8 heteroatoms. The summed E-state index contributed by atoms with van der Waals surface area (Å²) in [6, 6.07) is 21.3. The van der Waals surface area contributed by atoms with Crippen LogP contribution >= 0.6 is 11.3 Å². The Labute approximate surface area is 244 Å². The smallest absolute Gasteiger partial charge is 0.220 e. The summed E-state index contributed by atoms with van der Waals surface area (Å²) in [5.41, 5.74) is 2.18. The van der Waals surface area contributed by atoms with Gasteiger partial charge in [-0.3, -0.25) is 14.5 Å². The molecule has 7 nitrogen and oxygen atoms in total. The molecule has 6 rings (SSSR count). The minimum atomic E-state index is -0.0586. The Morgan fingerprint density at radius 3 is 2.56 bits per heavy atom. The minimum Gasteiger partial charge on any atom is -0.493 e. The SMILES string of the molecule is COc1cc(C(=O)c2c(-c3ccc(OC[C@H]4CCC(=O)N4)cc3)sc3ccccc23)ccc1OCCN1CCCC1.